The van der Waals surface area contributed by atoms with Gasteiger partial charge in [0.05, 0.1) is 0 Å². The van der Waals surface area contributed by atoms with Gasteiger partial charge in [-0.3, -0.25) is 0 Å². The molecule has 2 fully saturated rings. The average molecular weight is 238 g/mol. The molecule has 0 aromatic rings. The van der Waals surface area contributed by atoms with Gasteiger partial charge in [0, 0.05) is 18.6 Å². The van der Waals surface area contributed by atoms with Gasteiger partial charge in [0.25, 0.3) is 0 Å². The smallest absolute Gasteiger partial charge is 0.0117 e. The van der Waals surface area contributed by atoms with Gasteiger partial charge in [-0.1, -0.05) is 20.3 Å². The molecule has 3 unspecified atom stereocenters. The van der Waals surface area contributed by atoms with Gasteiger partial charge in [-0.15, -0.1) is 0 Å². The minimum atomic E-state index is 0.764. The lowest BCUT2D eigenvalue weighted by Crippen LogP contribution is -2.53. The lowest BCUT2D eigenvalue weighted by atomic mass is 9.78. The third kappa shape index (κ3) is 3.23. The molecule has 3 atom stereocenters. The molecule has 100 valence electrons. The van der Waals surface area contributed by atoms with Crippen molar-refractivity contribution in [2.24, 2.45) is 11.8 Å². The number of likely N-dealkylation sites (tertiary alicyclic amines) is 1. The standard InChI is InChI=1S/C15H30N2/c1-4-9-16-15-8-10-17(11-12(15)2)13(3)14-6-5-7-14/h12-16H,4-11H2,1-3H3. The minimum Gasteiger partial charge on any atom is -0.314 e. The zero-order valence-electron chi connectivity index (χ0n) is 11.9. The molecular formula is C15H30N2. The first-order valence-electron chi connectivity index (χ1n) is 7.69. The second-order valence-corrected chi connectivity index (χ2v) is 6.25. The van der Waals surface area contributed by atoms with Crippen LogP contribution in [0.3, 0.4) is 0 Å². The van der Waals surface area contributed by atoms with Crippen LogP contribution in [-0.2, 0) is 0 Å². The molecule has 1 N–H and O–H groups in total. The number of hydrogen-bond acceptors (Lipinski definition) is 2. The predicted molar refractivity (Wildman–Crippen MR) is 74.2 cm³/mol. The Labute approximate surface area is 107 Å². The van der Waals surface area contributed by atoms with E-state index in [4.69, 9.17) is 0 Å². The first-order chi connectivity index (χ1) is 8.22. The molecule has 1 aliphatic carbocycles. The second kappa shape index (κ2) is 6.19. The van der Waals surface area contributed by atoms with Gasteiger partial charge < -0.3 is 10.2 Å². The van der Waals surface area contributed by atoms with Crippen LogP contribution >= 0.6 is 0 Å². The Morgan fingerprint density at radius 2 is 2.06 bits per heavy atom. The van der Waals surface area contributed by atoms with Gasteiger partial charge in [0.15, 0.2) is 0 Å². The van der Waals surface area contributed by atoms with Crippen molar-refractivity contribution in [3.8, 4) is 0 Å². The number of nitrogens with one attached hydrogen (secondary N) is 1. The first-order valence-corrected chi connectivity index (χ1v) is 7.69. The summed E-state index contributed by atoms with van der Waals surface area (Å²) in [6.07, 6.45) is 7.02. The Bertz CT molecular complexity index is 225. The largest absolute Gasteiger partial charge is 0.314 e. The summed E-state index contributed by atoms with van der Waals surface area (Å²) in [5.41, 5.74) is 0. The van der Waals surface area contributed by atoms with E-state index in [1.54, 1.807) is 0 Å². The molecule has 1 aliphatic heterocycles. The molecule has 2 nitrogen and oxygen atoms in total. The maximum Gasteiger partial charge on any atom is 0.0117 e. The van der Waals surface area contributed by atoms with Crippen LogP contribution in [0.5, 0.6) is 0 Å². The highest BCUT2D eigenvalue weighted by Gasteiger charge is 2.33. The quantitative estimate of drug-likeness (QED) is 0.792. The minimum absolute atomic E-state index is 0.764. The lowest BCUT2D eigenvalue weighted by Gasteiger charge is -2.45. The summed E-state index contributed by atoms with van der Waals surface area (Å²) < 4.78 is 0. The van der Waals surface area contributed by atoms with Crippen molar-refractivity contribution in [2.45, 2.75) is 65.0 Å². The Morgan fingerprint density at radius 1 is 1.29 bits per heavy atom. The van der Waals surface area contributed by atoms with E-state index in [9.17, 15) is 0 Å². The van der Waals surface area contributed by atoms with Crippen LogP contribution in [0.2, 0.25) is 0 Å². The van der Waals surface area contributed by atoms with Gasteiger partial charge in [0.1, 0.15) is 0 Å². The monoisotopic (exact) mass is 238 g/mol. The Balaban J connectivity index is 1.77. The summed E-state index contributed by atoms with van der Waals surface area (Å²) in [5.74, 6) is 1.82. The second-order valence-electron chi connectivity index (χ2n) is 6.25. The number of piperidine rings is 1. The van der Waals surface area contributed by atoms with Crippen molar-refractivity contribution >= 4 is 0 Å². The van der Waals surface area contributed by atoms with Crippen LogP contribution in [0, 0.1) is 11.8 Å². The zero-order valence-corrected chi connectivity index (χ0v) is 11.9. The van der Waals surface area contributed by atoms with Crippen LogP contribution < -0.4 is 5.32 Å². The van der Waals surface area contributed by atoms with Gasteiger partial charge in [0.2, 0.25) is 0 Å². The molecular weight excluding hydrogens is 208 g/mol. The van der Waals surface area contributed by atoms with E-state index in [1.165, 1.54) is 51.7 Å². The molecule has 0 bridgehead atoms. The van der Waals surface area contributed by atoms with Crippen LogP contribution in [0.1, 0.15) is 52.9 Å². The molecule has 1 heterocycles. The fraction of sp³-hybridized carbons (Fsp3) is 1.00. The van der Waals surface area contributed by atoms with E-state index in [1.807, 2.05) is 0 Å². The number of nitrogens with zero attached hydrogens (tertiary/aromatic N) is 1. The van der Waals surface area contributed by atoms with Crippen molar-refractivity contribution in [1.29, 1.82) is 0 Å². The summed E-state index contributed by atoms with van der Waals surface area (Å²) in [6, 6.07) is 1.60. The molecule has 2 aliphatic rings. The Morgan fingerprint density at radius 3 is 2.59 bits per heavy atom. The zero-order chi connectivity index (χ0) is 12.3. The highest BCUT2D eigenvalue weighted by Crippen LogP contribution is 2.33. The third-order valence-electron chi connectivity index (χ3n) is 5.00. The highest BCUT2D eigenvalue weighted by molar-refractivity contribution is 4.88. The predicted octanol–water partition coefficient (Wildman–Crippen LogP) is 2.89. The van der Waals surface area contributed by atoms with Gasteiger partial charge in [-0.2, -0.15) is 0 Å². The normalized spacial score (nSPS) is 33.4. The highest BCUT2D eigenvalue weighted by atomic mass is 15.2. The first kappa shape index (κ1) is 13.4. The van der Waals surface area contributed by atoms with E-state index >= 15 is 0 Å². The number of hydrogen-bond donors (Lipinski definition) is 1. The van der Waals surface area contributed by atoms with Crippen LogP contribution in [0.25, 0.3) is 0 Å². The molecule has 17 heavy (non-hydrogen) atoms. The summed E-state index contributed by atoms with van der Waals surface area (Å²) in [4.78, 5) is 2.75. The summed E-state index contributed by atoms with van der Waals surface area (Å²) >= 11 is 0. The molecule has 0 radical (unpaired) electrons. The molecule has 0 spiro atoms. The average Bonchev–Trinajstić information content (AvgIpc) is 2.25. The fourth-order valence-corrected chi connectivity index (χ4v) is 3.40. The van der Waals surface area contributed by atoms with Crippen LogP contribution in [0.4, 0.5) is 0 Å². The van der Waals surface area contributed by atoms with E-state index in [0.717, 1.165) is 23.9 Å². The fourth-order valence-electron chi connectivity index (χ4n) is 3.40. The van der Waals surface area contributed by atoms with Crippen LogP contribution in [-0.4, -0.2) is 36.6 Å². The summed E-state index contributed by atoms with van der Waals surface area (Å²) in [6.45, 7) is 10.9. The molecule has 0 amide bonds. The van der Waals surface area contributed by atoms with Gasteiger partial charge >= 0.3 is 0 Å². The molecule has 0 aromatic heterocycles. The third-order valence-corrected chi connectivity index (χ3v) is 5.00. The van der Waals surface area contributed by atoms with Crippen LogP contribution in [0.15, 0.2) is 0 Å². The molecule has 1 saturated heterocycles. The van der Waals surface area contributed by atoms with Crippen molar-refractivity contribution in [3.63, 3.8) is 0 Å². The topological polar surface area (TPSA) is 15.3 Å². The Hall–Kier alpha value is -0.0800. The summed E-state index contributed by atoms with van der Waals surface area (Å²) in [7, 11) is 0. The van der Waals surface area contributed by atoms with Crippen molar-refractivity contribution in [2.75, 3.05) is 19.6 Å². The Kier molecular flexibility index (Phi) is 4.87. The van der Waals surface area contributed by atoms with E-state index in [-0.39, 0.29) is 0 Å². The SMILES string of the molecule is CCCNC1CCN(C(C)C2CCC2)CC1C. The molecule has 2 rings (SSSR count). The maximum absolute atomic E-state index is 3.71. The lowest BCUT2D eigenvalue weighted by molar-refractivity contribution is 0.0570. The van der Waals surface area contributed by atoms with Crippen molar-refractivity contribution < 1.29 is 0 Å². The molecule has 0 aromatic carbocycles. The maximum atomic E-state index is 3.71. The van der Waals surface area contributed by atoms with Gasteiger partial charge in [-0.05, 0) is 57.5 Å². The van der Waals surface area contributed by atoms with Crippen molar-refractivity contribution in [3.05, 3.63) is 0 Å². The van der Waals surface area contributed by atoms with Gasteiger partial charge in [-0.25, -0.2) is 0 Å². The van der Waals surface area contributed by atoms with E-state index in [2.05, 4.69) is 31.0 Å². The van der Waals surface area contributed by atoms with E-state index in [0.29, 0.717) is 0 Å². The molecule has 2 heteroatoms. The summed E-state index contributed by atoms with van der Waals surface area (Å²) in [5, 5.41) is 3.71. The van der Waals surface area contributed by atoms with Crippen molar-refractivity contribution in [1.82, 2.24) is 10.2 Å². The number of rotatable bonds is 5. The molecule has 1 saturated carbocycles. The van der Waals surface area contributed by atoms with E-state index < -0.39 is 0 Å².